The third-order valence-electron chi connectivity index (χ3n) is 9.16. The highest BCUT2D eigenvalue weighted by Gasteiger charge is 2.59. The number of quaternary nitrogens is 1. The maximum Gasteiger partial charge on any atom is 0.333 e. The Kier molecular flexibility index (Phi) is 8.09. The molecule has 1 aromatic heterocycles. The Morgan fingerprint density at radius 2 is 1.84 bits per heavy atom. The number of nitro groups is 1. The summed E-state index contributed by atoms with van der Waals surface area (Å²) in [6.45, 7) is 10.8. The van der Waals surface area contributed by atoms with Crippen LogP contribution in [0.5, 0.6) is 17.2 Å². The van der Waals surface area contributed by atoms with Gasteiger partial charge in [-0.1, -0.05) is 6.08 Å². The molecule has 43 heavy (non-hydrogen) atoms. The number of rotatable bonds is 9. The van der Waals surface area contributed by atoms with Crippen LogP contribution < -0.4 is 18.7 Å². The van der Waals surface area contributed by atoms with Gasteiger partial charge in [-0.25, -0.2) is 0 Å². The molecule has 0 saturated carbocycles. The molecular formula is C33H40N3O7+. The minimum atomic E-state index is -0.772. The Bertz CT molecular complexity index is 1570. The number of nitro benzene ring substituents is 1. The molecular weight excluding hydrogens is 550 g/mol. The number of esters is 1. The number of hydrogen-bond donors (Lipinski definition) is 0. The zero-order chi connectivity index (χ0) is 31.1. The number of piperidine rings is 3. The Labute approximate surface area is 251 Å². The minimum Gasteiger partial charge on any atom is -0.497 e. The number of benzene rings is 2. The van der Waals surface area contributed by atoms with Crippen LogP contribution in [0.1, 0.15) is 45.3 Å². The molecule has 0 amide bonds. The maximum atomic E-state index is 13.6. The summed E-state index contributed by atoms with van der Waals surface area (Å²) in [5.41, 5.74) is 1.19. The van der Waals surface area contributed by atoms with E-state index in [2.05, 4.69) is 11.6 Å². The zero-order valence-electron chi connectivity index (χ0n) is 25.7. The Balaban J connectivity index is 1.79. The van der Waals surface area contributed by atoms with Crippen molar-refractivity contribution in [2.75, 3.05) is 34.4 Å². The first-order valence-corrected chi connectivity index (χ1v) is 14.5. The second-order valence-corrected chi connectivity index (χ2v) is 12.5. The van der Waals surface area contributed by atoms with E-state index in [9.17, 15) is 14.9 Å². The lowest BCUT2D eigenvalue weighted by Crippen LogP contribution is -2.70. The number of aromatic nitrogens is 1. The van der Waals surface area contributed by atoms with Crippen LogP contribution in [-0.2, 0) is 9.53 Å². The standard InChI is InChI=1S/C33H40N3O7/c1-8-20-19-36(27-18-30(42-7)29(41-6)17-26(27)35(38)39)14-12-21(20)15-28(36)31(43-32(37)33(2,3)4)23-11-13-34-25-10-9-22(40-5)16-24(23)25/h8-11,13,16-18,20-21,28,31H,1,12,14-15,19H2,2-7H3/q+1/t20-,21-,28+,31+,36-/m0/s1. The van der Waals surface area contributed by atoms with Gasteiger partial charge in [0.1, 0.15) is 11.8 Å². The molecule has 2 bridgehead atoms. The van der Waals surface area contributed by atoms with Gasteiger partial charge in [-0.2, -0.15) is 0 Å². The Morgan fingerprint density at radius 3 is 2.47 bits per heavy atom. The molecule has 3 aromatic rings. The molecule has 2 aromatic carbocycles. The molecule has 0 N–H and O–H groups in total. The predicted molar refractivity (Wildman–Crippen MR) is 165 cm³/mol. The van der Waals surface area contributed by atoms with Crippen LogP contribution in [0.2, 0.25) is 0 Å². The van der Waals surface area contributed by atoms with Crippen molar-refractivity contribution in [2.24, 2.45) is 17.3 Å². The average molecular weight is 591 g/mol. The van der Waals surface area contributed by atoms with E-state index in [1.165, 1.54) is 20.3 Å². The Hall–Kier alpha value is -4.18. The highest BCUT2D eigenvalue weighted by Crippen LogP contribution is 2.54. The lowest BCUT2D eigenvalue weighted by atomic mass is 9.70. The summed E-state index contributed by atoms with van der Waals surface area (Å²) < 4.78 is 23.4. The first-order chi connectivity index (χ1) is 20.5. The number of carbonyl (C=O) groups excluding carboxylic acids is 1. The summed E-state index contributed by atoms with van der Waals surface area (Å²) in [5, 5.41) is 13.4. The lowest BCUT2D eigenvalue weighted by Gasteiger charge is -2.57. The van der Waals surface area contributed by atoms with Gasteiger partial charge in [-0.15, -0.1) is 6.58 Å². The van der Waals surface area contributed by atoms with Crippen molar-refractivity contribution in [2.45, 2.75) is 45.8 Å². The molecule has 0 unspecified atom stereocenters. The third-order valence-corrected chi connectivity index (χ3v) is 9.16. The quantitative estimate of drug-likeness (QED) is 0.0926. The molecule has 3 fully saturated rings. The molecule has 3 aliphatic rings. The van der Waals surface area contributed by atoms with Crippen LogP contribution in [-0.4, -0.2) is 56.3 Å². The van der Waals surface area contributed by atoms with E-state index >= 15 is 0 Å². The van der Waals surface area contributed by atoms with Gasteiger partial charge in [0.2, 0.25) is 5.69 Å². The smallest absolute Gasteiger partial charge is 0.333 e. The van der Waals surface area contributed by atoms with Crippen molar-refractivity contribution in [3.63, 3.8) is 0 Å². The van der Waals surface area contributed by atoms with Gasteiger partial charge in [0.15, 0.2) is 17.6 Å². The van der Waals surface area contributed by atoms with E-state index in [-0.39, 0.29) is 38.8 Å². The van der Waals surface area contributed by atoms with E-state index < -0.39 is 11.5 Å². The topological polar surface area (TPSA) is 110 Å². The zero-order valence-corrected chi connectivity index (χ0v) is 25.7. The van der Waals surface area contributed by atoms with E-state index in [0.29, 0.717) is 42.6 Å². The van der Waals surface area contributed by atoms with Crippen molar-refractivity contribution in [1.82, 2.24) is 9.47 Å². The first-order valence-electron chi connectivity index (χ1n) is 14.5. The number of ether oxygens (including phenoxy) is 4. The van der Waals surface area contributed by atoms with Gasteiger partial charge in [-0.3, -0.25) is 24.4 Å². The number of carbonyl (C=O) groups is 1. The normalized spacial score (nSPS) is 23.8. The monoisotopic (exact) mass is 590 g/mol. The molecule has 3 aliphatic heterocycles. The van der Waals surface area contributed by atoms with Gasteiger partial charge in [0, 0.05) is 35.9 Å². The van der Waals surface area contributed by atoms with Crippen molar-refractivity contribution in [1.29, 1.82) is 0 Å². The second-order valence-electron chi connectivity index (χ2n) is 12.5. The fourth-order valence-corrected chi connectivity index (χ4v) is 6.90. The lowest BCUT2D eigenvalue weighted by molar-refractivity contribution is -0.385. The third kappa shape index (κ3) is 5.29. The molecule has 0 aliphatic carbocycles. The number of hydrogen-bond acceptors (Lipinski definition) is 8. The number of nitrogens with zero attached hydrogens (tertiary/aromatic N) is 3. The van der Waals surface area contributed by atoms with E-state index in [1.54, 1.807) is 19.4 Å². The minimum absolute atomic E-state index is 0.0621. The van der Waals surface area contributed by atoms with Crippen molar-refractivity contribution >= 4 is 28.2 Å². The van der Waals surface area contributed by atoms with E-state index in [0.717, 1.165) is 22.9 Å². The predicted octanol–water partition coefficient (Wildman–Crippen LogP) is 6.40. The second kappa shape index (κ2) is 11.5. The molecule has 228 valence electrons. The summed E-state index contributed by atoms with van der Waals surface area (Å²) in [5.74, 6) is 1.40. The summed E-state index contributed by atoms with van der Waals surface area (Å²) in [6.07, 6.45) is 4.48. The van der Waals surface area contributed by atoms with Crippen LogP contribution in [0, 0.1) is 27.4 Å². The molecule has 3 saturated heterocycles. The van der Waals surface area contributed by atoms with Gasteiger partial charge in [-0.05, 0) is 51.0 Å². The fraction of sp³-hybridized carbons (Fsp3) is 0.455. The van der Waals surface area contributed by atoms with E-state index in [4.69, 9.17) is 18.9 Å². The molecule has 6 rings (SSSR count). The highest BCUT2D eigenvalue weighted by molar-refractivity contribution is 5.85. The van der Waals surface area contributed by atoms with Crippen LogP contribution in [0.3, 0.4) is 0 Å². The van der Waals surface area contributed by atoms with Gasteiger partial charge >= 0.3 is 11.7 Å². The van der Waals surface area contributed by atoms with Crippen molar-refractivity contribution in [3.05, 3.63) is 70.9 Å². The van der Waals surface area contributed by atoms with Gasteiger partial charge in [0.25, 0.3) is 0 Å². The van der Waals surface area contributed by atoms with Crippen molar-refractivity contribution < 1.29 is 28.7 Å². The van der Waals surface area contributed by atoms with Gasteiger partial charge in [0.05, 0.1) is 62.4 Å². The molecule has 10 nitrogen and oxygen atoms in total. The average Bonchev–Trinajstić information content (AvgIpc) is 3.01. The summed E-state index contributed by atoms with van der Waals surface area (Å²) >= 11 is 0. The highest BCUT2D eigenvalue weighted by atomic mass is 16.6. The molecule has 10 heteroatoms. The number of pyridine rings is 1. The van der Waals surface area contributed by atoms with E-state index in [1.807, 2.05) is 51.1 Å². The largest absolute Gasteiger partial charge is 0.497 e. The van der Waals surface area contributed by atoms with Crippen LogP contribution in [0.15, 0.2) is 55.3 Å². The fourth-order valence-electron chi connectivity index (χ4n) is 6.90. The first kappa shape index (κ1) is 30.3. The summed E-state index contributed by atoms with van der Waals surface area (Å²) in [7, 11) is 4.58. The molecule has 0 radical (unpaired) electrons. The number of fused-ring (bicyclic) bond motifs is 4. The molecule has 5 atom stereocenters. The molecule has 0 spiro atoms. The van der Waals surface area contributed by atoms with Crippen LogP contribution in [0.25, 0.3) is 10.9 Å². The van der Waals surface area contributed by atoms with Crippen molar-refractivity contribution in [3.8, 4) is 17.2 Å². The van der Waals surface area contributed by atoms with Crippen LogP contribution in [0.4, 0.5) is 11.4 Å². The van der Waals surface area contributed by atoms with Gasteiger partial charge < -0.3 is 18.9 Å². The Morgan fingerprint density at radius 1 is 1.12 bits per heavy atom. The summed E-state index contributed by atoms with van der Waals surface area (Å²) in [4.78, 5) is 30.5. The van der Waals surface area contributed by atoms with Crippen LogP contribution >= 0.6 is 0 Å². The molecule has 4 heterocycles. The SMILES string of the molecule is C=C[C@H]1C[N@+]2(c3cc(OC)c(OC)cc3[N+](=O)[O-])CC[C@H]1C[C@@H]2[C@H](OC(=O)C(C)(C)C)c1ccnc2ccc(OC)cc12. The summed E-state index contributed by atoms with van der Waals surface area (Å²) in [6, 6.07) is 10.3. The maximum absolute atomic E-state index is 13.6. The number of methoxy groups -OCH3 is 3.